The van der Waals surface area contributed by atoms with Gasteiger partial charge in [-0.1, -0.05) is 94.0 Å². The summed E-state index contributed by atoms with van der Waals surface area (Å²) in [5.41, 5.74) is 11.1. The molecule has 0 radical (unpaired) electrons. The highest BCUT2D eigenvalue weighted by Crippen LogP contribution is 2.36. The summed E-state index contributed by atoms with van der Waals surface area (Å²) in [7, 11) is 0. The van der Waals surface area contributed by atoms with Crippen LogP contribution >= 0.6 is 23.2 Å². The number of H-pyrrole nitrogens is 1. The molecule has 3 aromatic heterocycles. The van der Waals surface area contributed by atoms with Crippen LogP contribution in [-0.2, 0) is 0 Å². The second-order valence-corrected chi connectivity index (χ2v) is 12.7. The van der Waals surface area contributed by atoms with Crippen LogP contribution in [0.4, 0.5) is 5.82 Å². The van der Waals surface area contributed by atoms with Crippen LogP contribution in [0, 0.1) is 0 Å². The summed E-state index contributed by atoms with van der Waals surface area (Å²) in [6.07, 6.45) is 22.0. The molecule has 5 rings (SSSR count). The number of rotatable bonds is 15. The van der Waals surface area contributed by atoms with Crippen molar-refractivity contribution >= 4 is 29.0 Å². The highest BCUT2D eigenvalue weighted by molar-refractivity contribution is 6.39. The van der Waals surface area contributed by atoms with Gasteiger partial charge in [-0.05, 0) is 50.1 Å². The topological polar surface area (TPSA) is 88.6 Å². The number of aromatic nitrogens is 5. The van der Waals surface area contributed by atoms with E-state index in [2.05, 4.69) is 37.9 Å². The number of benzene rings is 1. The van der Waals surface area contributed by atoms with E-state index < -0.39 is 0 Å². The Labute approximate surface area is 266 Å². The molecule has 0 aliphatic carbocycles. The molecule has 0 bridgehead atoms. The van der Waals surface area contributed by atoms with Gasteiger partial charge in [0, 0.05) is 47.7 Å². The number of anilines is 1. The minimum atomic E-state index is 0.411. The standard InChI is InChI=1S/C34H45Cl2N7/c1-2-3-4-5-6-7-8-9-10-11-17-42-18-15-27(16-19-42)43-24-26(23-39-43)25-20-28(34(37)38-22-25)31-21-32(41-40-31)33-29(35)13-12-14-30(33)36/h12-14,20-24,27H,2-11,15-19H2,1H3,(H2,37,38)(H,40,41). The van der Waals surface area contributed by atoms with Crippen LogP contribution in [0.2, 0.25) is 10.0 Å². The fourth-order valence-corrected chi connectivity index (χ4v) is 6.70. The first-order chi connectivity index (χ1) is 21.0. The third-order valence-corrected chi connectivity index (χ3v) is 9.33. The molecule has 1 aliphatic heterocycles. The van der Waals surface area contributed by atoms with Crippen molar-refractivity contribution in [3.63, 3.8) is 0 Å². The summed E-state index contributed by atoms with van der Waals surface area (Å²) in [6, 6.07) is 9.78. The SMILES string of the molecule is CCCCCCCCCCCCN1CCC(n2cc(-c3cnc(N)c(-c4cc(-c5c(Cl)cccc5Cl)[nH]n4)c3)cn2)CC1. The van der Waals surface area contributed by atoms with E-state index in [1.54, 1.807) is 18.3 Å². The monoisotopic (exact) mass is 621 g/mol. The number of halogens is 2. The quantitative estimate of drug-likeness (QED) is 0.129. The van der Waals surface area contributed by atoms with Gasteiger partial charge in [-0.25, -0.2) is 4.98 Å². The molecule has 1 aliphatic rings. The summed E-state index contributed by atoms with van der Waals surface area (Å²) in [4.78, 5) is 7.11. The first-order valence-electron chi connectivity index (χ1n) is 16.1. The minimum absolute atomic E-state index is 0.411. The number of nitrogens with two attached hydrogens (primary N) is 1. The van der Waals surface area contributed by atoms with E-state index in [4.69, 9.17) is 34.0 Å². The van der Waals surface area contributed by atoms with Gasteiger partial charge in [0.2, 0.25) is 0 Å². The molecule has 0 saturated carbocycles. The molecule has 0 spiro atoms. The highest BCUT2D eigenvalue weighted by Gasteiger charge is 2.21. The smallest absolute Gasteiger partial charge is 0.132 e. The molecule has 230 valence electrons. The van der Waals surface area contributed by atoms with Gasteiger partial charge in [0.05, 0.1) is 33.7 Å². The van der Waals surface area contributed by atoms with Crippen LogP contribution in [0.15, 0.2) is 48.9 Å². The average molecular weight is 623 g/mol. The molecule has 1 aromatic carbocycles. The molecule has 1 fully saturated rings. The van der Waals surface area contributed by atoms with E-state index in [9.17, 15) is 0 Å². The first-order valence-corrected chi connectivity index (χ1v) is 16.8. The largest absolute Gasteiger partial charge is 0.383 e. The van der Waals surface area contributed by atoms with Crippen LogP contribution in [0.5, 0.6) is 0 Å². The maximum atomic E-state index is 6.41. The highest BCUT2D eigenvalue weighted by atomic mass is 35.5. The second kappa shape index (κ2) is 15.7. The minimum Gasteiger partial charge on any atom is -0.383 e. The zero-order valence-corrected chi connectivity index (χ0v) is 26.9. The van der Waals surface area contributed by atoms with Gasteiger partial charge >= 0.3 is 0 Å². The van der Waals surface area contributed by atoms with Crippen molar-refractivity contribution in [2.24, 2.45) is 0 Å². The van der Waals surface area contributed by atoms with Gasteiger partial charge < -0.3 is 10.6 Å². The summed E-state index contributed by atoms with van der Waals surface area (Å²) in [6.45, 7) is 5.79. The van der Waals surface area contributed by atoms with E-state index in [1.165, 1.54) is 70.8 Å². The molecule has 0 atom stereocenters. The van der Waals surface area contributed by atoms with E-state index in [1.807, 2.05) is 24.4 Å². The van der Waals surface area contributed by atoms with Gasteiger partial charge in [0.25, 0.3) is 0 Å². The summed E-state index contributed by atoms with van der Waals surface area (Å²) in [5, 5.41) is 13.4. The Hall–Kier alpha value is -2.87. The van der Waals surface area contributed by atoms with E-state index in [-0.39, 0.29) is 0 Å². The number of hydrogen-bond donors (Lipinski definition) is 2. The number of piperidine rings is 1. The Kier molecular flexibility index (Phi) is 11.5. The molecule has 1 saturated heterocycles. The van der Waals surface area contributed by atoms with E-state index in [0.717, 1.165) is 48.3 Å². The molecule has 7 nitrogen and oxygen atoms in total. The summed E-state index contributed by atoms with van der Waals surface area (Å²) >= 11 is 12.8. The summed E-state index contributed by atoms with van der Waals surface area (Å²) in [5.74, 6) is 0.411. The molecule has 0 amide bonds. The lowest BCUT2D eigenvalue weighted by Crippen LogP contribution is -2.35. The van der Waals surface area contributed by atoms with Gasteiger partial charge in [-0.3, -0.25) is 9.78 Å². The number of nitrogens with one attached hydrogen (secondary N) is 1. The average Bonchev–Trinajstić information content (AvgIpc) is 3.70. The second-order valence-electron chi connectivity index (χ2n) is 11.9. The van der Waals surface area contributed by atoms with Crippen molar-refractivity contribution in [3.05, 3.63) is 59.0 Å². The number of unbranched alkanes of at least 4 members (excludes halogenated alkanes) is 9. The van der Waals surface area contributed by atoms with Crippen molar-refractivity contribution in [2.45, 2.75) is 90.0 Å². The number of hydrogen-bond acceptors (Lipinski definition) is 5. The van der Waals surface area contributed by atoms with Crippen LogP contribution in [0.3, 0.4) is 0 Å². The van der Waals surface area contributed by atoms with Gasteiger partial charge in [0.15, 0.2) is 0 Å². The van der Waals surface area contributed by atoms with Gasteiger partial charge in [0.1, 0.15) is 5.82 Å². The molecule has 4 aromatic rings. The molecular weight excluding hydrogens is 577 g/mol. The predicted octanol–water partition coefficient (Wildman–Crippen LogP) is 9.45. The molecule has 4 heterocycles. The van der Waals surface area contributed by atoms with Crippen molar-refractivity contribution < 1.29 is 0 Å². The predicted molar refractivity (Wildman–Crippen MR) is 179 cm³/mol. The third kappa shape index (κ3) is 8.40. The maximum absolute atomic E-state index is 6.41. The Balaban J connectivity index is 1.11. The normalized spacial score (nSPS) is 14.5. The fraction of sp³-hybridized carbons (Fsp3) is 0.500. The zero-order chi connectivity index (χ0) is 30.0. The van der Waals surface area contributed by atoms with Gasteiger partial charge in [-0.15, -0.1) is 0 Å². The van der Waals surface area contributed by atoms with Crippen molar-refractivity contribution in [3.8, 4) is 33.6 Å². The first kappa shape index (κ1) is 31.6. The Morgan fingerprint density at radius 1 is 0.884 bits per heavy atom. The van der Waals surface area contributed by atoms with Crippen LogP contribution in [0.25, 0.3) is 33.6 Å². The number of likely N-dealkylation sites (tertiary alicyclic amines) is 1. The Morgan fingerprint density at radius 3 is 2.26 bits per heavy atom. The van der Waals surface area contributed by atoms with Crippen LogP contribution < -0.4 is 5.73 Å². The molecular formula is C34H45Cl2N7. The number of pyridine rings is 1. The fourth-order valence-electron chi connectivity index (χ4n) is 6.10. The lowest BCUT2D eigenvalue weighted by atomic mass is 10.0. The summed E-state index contributed by atoms with van der Waals surface area (Å²) < 4.78 is 2.13. The van der Waals surface area contributed by atoms with Crippen LogP contribution in [0.1, 0.15) is 90.0 Å². The molecule has 9 heteroatoms. The number of nitrogen functional groups attached to an aromatic ring is 1. The Morgan fingerprint density at radius 2 is 1.56 bits per heavy atom. The lowest BCUT2D eigenvalue weighted by Gasteiger charge is -2.32. The molecule has 43 heavy (non-hydrogen) atoms. The molecule has 0 unspecified atom stereocenters. The van der Waals surface area contributed by atoms with Crippen molar-refractivity contribution in [1.29, 1.82) is 0 Å². The number of nitrogens with zero attached hydrogens (tertiary/aromatic N) is 5. The lowest BCUT2D eigenvalue weighted by molar-refractivity contribution is 0.177. The Bertz CT molecular complexity index is 1420. The van der Waals surface area contributed by atoms with Crippen molar-refractivity contribution in [1.82, 2.24) is 29.9 Å². The van der Waals surface area contributed by atoms with E-state index >= 15 is 0 Å². The van der Waals surface area contributed by atoms with E-state index in [0.29, 0.717) is 33.2 Å². The zero-order valence-electron chi connectivity index (χ0n) is 25.4. The third-order valence-electron chi connectivity index (χ3n) is 8.70. The maximum Gasteiger partial charge on any atom is 0.132 e. The van der Waals surface area contributed by atoms with Gasteiger partial charge in [-0.2, -0.15) is 10.2 Å². The van der Waals surface area contributed by atoms with Crippen LogP contribution in [-0.4, -0.2) is 49.5 Å². The number of aromatic amines is 1. The molecule has 3 N–H and O–H groups in total. The van der Waals surface area contributed by atoms with Crippen molar-refractivity contribution in [2.75, 3.05) is 25.4 Å².